The summed E-state index contributed by atoms with van der Waals surface area (Å²) in [7, 11) is 0. The van der Waals surface area contributed by atoms with E-state index in [1.807, 2.05) is 36.4 Å². The minimum Gasteiger partial charge on any atom is -0.506 e. The minimum absolute atomic E-state index is 0.0281. The number of phenols is 1. The van der Waals surface area contributed by atoms with Gasteiger partial charge in [-0.25, -0.2) is 0 Å². The number of carbonyl (C=O) groups is 1. The Morgan fingerprint density at radius 3 is 2.42 bits per heavy atom. The highest BCUT2D eigenvalue weighted by atomic mass is 16.3. The highest BCUT2D eigenvalue weighted by molar-refractivity contribution is 5.95. The number of anilines is 3. The van der Waals surface area contributed by atoms with Crippen molar-refractivity contribution in [2.45, 2.75) is 20.4 Å². The fraction of sp³-hybridized carbons (Fsp3) is 0.136. The van der Waals surface area contributed by atoms with Crippen LogP contribution in [0.15, 0.2) is 66.7 Å². The van der Waals surface area contributed by atoms with Gasteiger partial charge in [0.1, 0.15) is 5.75 Å². The van der Waals surface area contributed by atoms with Gasteiger partial charge in [0.25, 0.3) is 0 Å². The first-order valence-corrected chi connectivity index (χ1v) is 8.52. The van der Waals surface area contributed by atoms with Crippen molar-refractivity contribution < 1.29 is 9.90 Å². The Morgan fingerprint density at radius 1 is 0.962 bits per heavy atom. The molecule has 3 N–H and O–H groups in total. The Hall–Kier alpha value is -3.27. The van der Waals surface area contributed by atoms with Crippen molar-refractivity contribution in [1.29, 1.82) is 0 Å². The lowest BCUT2D eigenvalue weighted by atomic mass is 10.1. The predicted octanol–water partition coefficient (Wildman–Crippen LogP) is 5.26. The van der Waals surface area contributed by atoms with Crippen molar-refractivity contribution in [2.75, 3.05) is 10.6 Å². The monoisotopic (exact) mass is 346 g/mol. The first-order chi connectivity index (χ1) is 12.5. The van der Waals surface area contributed by atoms with Crippen LogP contribution >= 0.6 is 0 Å². The van der Waals surface area contributed by atoms with Gasteiger partial charge in [-0.1, -0.05) is 24.3 Å². The molecule has 0 fully saturated rings. The number of ketones is 1. The second-order valence-corrected chi connectivity index (χ2v) is 6.33. The molecule has 0 unspecified atom stereocenters. The second kappa shape index (κ2) is 7.74. The topological polar surface area (TPSA) is 61.4 Å². The molecule has 0 spiro atoms. The summed E-state index contributed by atoms with van der Waals surface area (Å²) in [4.78, 5) is 11.5. The number of aryl methyl sites for hydroxylation is 1. The molecule has 0 aliphatic heterocycles. The molecular weight excluding hydrogens is 324 g/mol. The van der Waals surface area contributed by atoms with Gasteiger partial charge in [0.05, 0.1) is 5.69 Å². The molecule has 0 radical (unpaired) electrons. The van der Waals surface area contributed by atoms with E-state index in [9.17, 15) is 9.90 Å². The fourth-order valence-corrected chi connectivity index (χ4v) is 2.69. The minimum atomic E-state index is -0.0281. The van der Waals surface area contributed by atoms with E-state index in [0.29, 0.717) is 17.8 Å². The zero-order chi connectivity index (χ0) is 18.5. The second-order valence-electron chi connectivity index (χ2n) is 6.33. The predicted molar refractivity (Wildman–Crippen MR) is 106 cm³/mol. The summed E-state index contributed by atoms with van der Waals surface area (Å²) < 4.78 is 0. The molecule has 0 aliphatic carbocycles. The molecule has 4 nitrogen and oxygen atoms in total. The van der Waals surface area contributed by atoms with Crippen LogP contribution in [0.2, 0.25) is 0 Å². The number of benzene rings is 3. The summed E-state index contributed by atoms with van der Waals surface area (Å²) in [6.45, 7) is 4.13. The maximum absolute atomic E-state index is 11.5. The summed E-state index contributed by atoms with van der Waals surface area (Å²) in [5, 5.41) is 16.5. The van der Waals surface area contributed by atoms with E-state index in [1.165, 1.54) is 18.6 Å². The van der Waals surface area contributed by atoms with Gasteiger partial charge in [-0.3, -0.25) is 4.79 Å². The largest absolute Gasteiger partial charge is 0.506 e. The number of rotatable bonds is 6. The Kier molecular flexibility index (Phi) is 5.23. The summed E-state index contributed by atoms with van der Waals surface area (Å²) in [5.74, 6) is 0.104. The van der Waals surface area contributed by atoms with Crippen molar-refractivity contribution in [3.63, 3.8) is 0 Å². The summed E-state index contributed by atoms with van der Waals surface area (Å²) in [5.41, 5.74) is 5.49. The normalized spacial score (nSPS) is 10.4. The average Bonchev–Trinajstić information content (AvgIpc) is 2.62. The van der Waals surface area contributed by atoms with Crippen LogP contribution < -0.4 is 10.6 Å². The number of nitrogens with one attached hydrogen (secondary N) is 2. The Morgan fingerprint density at radius 2 is 1.73 bits per heavy atom. The molecule has 0 aromatic heterocycles. The molecule has 3 rings (SSSR count). The van der Waals surface area contributed by atoms with Crippen molar-refractivity contribution in [3.05, 3.63) is 83.4 Å². The lowest BCUT2D eigenvalue weighted by molar-refractivity contribution is 0.101. The van der Waals surface area contributed by atoms with Crippen LogP contribution in [-0.4, -0.2) is 10.9 Å². The summed E-state index contributed by atoms with van der Waals surface area (Å²) in [6, 6.07) is 21.1. The van der Waals surface area contributed by atoms with Gasteiger partial charge in [-0.15, -0.1) is 0 Å². The summed E-state index contributed by atoms with van der Waals surface area (Å²) in [6.07, 6.45) is 0. The number of Topliss-reactive ketones (excluding diaryl/α,β-unsaturated/α-hetero) is 1. The standard InChI is InChI=1S/C22H22N2O2/c1-15-4-3-5-20(12-15)24-19-9-6-17(7-10-19)14-23-21-13-18(16(2)25)8-11-22(21)26/h3-13,23-24,26H,14H2,1-2H3. The highest BCUT2D eigenvalue weighted by Crippen LogP contribution is 2.25. The van der Waals surface area contributed by atoms with Crippen LogP contribution in [0, 0.1) is 6.92 Å². The van der Waals surface area contributed by atoms with Gasteiger partial charge in [0.15, 0.2) is 5.78 Å². The van der Waals surface area contributed by atoms with E-state index in [-0.39, 0.29) is 11.5 Å². The Bertz CT molecular complexity index is 918. The van der Waals surface area contributed by atoms with E-state index in [2.05, 4.69) is 29.7 Å². The maximum Gasteiger partial charge on any atom is 0.159 e. The van der Waals surface area contributed by atoms with Crippen molar-refractivity contribution in [1.82, 2.24) is 0 Å². The number of aromatic hydroxyl groups is 1. The molecule has 0 aliphatic rings. The number of phenolic OH excluding ortho intramolecular Hbond substituents is 1. The molecule has 4 heteroatoms. The Balaban J connectivity index is 1.65. The SMILES string of the molecule is CC(=O)c1ccc(O)c(NCc2ccc(Nc3cccc(C)c3)cc2)c1. The third kappa shape index (κ3) is 4.42. The van der Waals surface area contributed by atoms with Gasteiger partial charge in [0.2, 0.25) is 0 Å². The molecule has 0 atom stereocenters. The van der Waals surface area contributed by atoms with Gasteiger partial charge in [-0.05, 0) is 67.4 Å². The van der Waals surface area contributed by atoms with E-state index >= 15 is 0 Å². The fourth-order valence-electron chi connectivity index (χ4n) is 2.69. The smallest absolute Gasteiger partial charge is 0.159 e. The first-order valence-electron chi connectivity index (χ1n) is 8.52. The van der Waals surface area contributed by atoms with Crippen LogP contribution in [0.3, 0.4) is 0 Å². The molecule has 26 heavy (non-hydrogen) atoms. The van der Waals surface area contributed by atoms with Gasteiger partial charge in [-0.2, -0.15) is 0 Å². The molecule has 0 amide bonds. The van der Waals surface area contributed by atoms with Gasteiger partial charge >= 0.3 is 0 Å². The molecule has 3 aromatic rings. The van der Waals surface area contributed by atoms with Crippen molar-refractivity contribution in [2.24, 2.45) is 0 Å². The summed E-state index contributed by atoms with van der Waals surface area (Å²) >= 11 is 0. The number of hydrogen-bond donors (Lipinski definition) is 3. The quantitative estimate of drug-likeness (QED) is 0.421. The van der Waals surface area contributed by atoms with E-state index < -0.39 is 0 Å². The number of carbonyl (C=O) groups excluding carboxylic acids is 1. The van der Waals surface area contributed by atoms with Crippen LogP contribution in [-0.2, 0) is 6.54 Å². The third-order valence-corrected chi connectivity index (χ3v) is 4.15. The van der Waals surface area contributed by atoms with Crippen LogP contribution in [0.1, 0.15) is 28.4 Å². The van der Waals surface area contributed by atoms with E-state index in [0.717, 1.165) is 16.9 Å². The van der Waals surface area contributed by atoms with E-state index in [1.54, 1.807) is 12.1 Å². The van der Waals surface area contributed by atoms with Gasteiger partial charge in [0, 0.05) is 23.5 Å². The Labute approximate surface area is 153 Å². The molecule has 0 saturated carbocycles. The number of hydrogen-bond acceptors (Lipinski definition) is 4. The molecule has 0 heterocycles. The average molecular weight is 346 g/mol. The molecule has 0 saturated heterocycles. The lowest BCUT2D eigenvalue weighted by Gasteiger charge is -2.11. The lowest BCUT2D eigenvalue weighted by Crippen LogP contribution is -2.01. The maximum atomic E-state index is 11.5. The zero-order valence-electron chi connectivity index (χ0n) is 14.9. The highest BCUT2D eigenvalue weighted by Gasteiger charge is 2.06. The zero-order valence-corrected chi connectivity index (χ0v) is 14.9. The van der Waals surface area contributed by atoms with Crippen molar-refractivity contribution >= 4 is 22.8 Å². The van der Waals surface area contributed by atoms with Crippen LogP contribution in [0.25, 0.3) is 0 Å². The molecule has 132 valence electrons. The first kappa shape index (κ1) is 17.5. The van der Waals surface area contributed by atoms with Gasteiger partial charge < -0.3 is 15.7 Å². The molecule has 0 bridgehead atoms. The van der Waals surface area contributed by atoms with Crippen LogP contribution in [0.4, 0.5) is 17.1 Å². The molecule has 3 aromatic carbocycles. The van der Waals surface area contributed by atoms with Crippen molar-refractivity contribution in [3.8, 4) is 5.75 Å². The van der Waals surface area contributed by atoms with E-state index in [4.69, 9.17) is 0 Å². The van der Waals surface area contributed by atoms with Crippen LogP contribution in [0.5, 0.6) is 5.75 Å². The molecular formula is C22H22N2O2. The third-order valence-electron chi connectivity index (χ3n) is 4.15.